The van der Waals surface area contributed by atoms with Gasteiger partial charge in [-0.1, -0.05) is 11.6 Å². The summed E-state index contributed by atoms with van der Waals surface area (Å²) in [5, 5.41) is 2.89. The molecular weight excluding hydrogens is 244 g/mol. The Morgan fingerprint density at radius 3 is 3.00 bits per heavy atom. The third-order valence-electron chi connectivity index (χ3n) is 1.97. The fraction of sp³-hybridized carbons (Fsp3) is 0.455. The predicted octanol–water partition coefficient (Wildman–Crippen LogP) is 1.13. The van der Waals surface area contributed by atoms with Crippen molar-refractivity contribution in [1.82, 2.24) is 10.3 Å². The first kappa shape index (κ1) is 13.9. The molecule has 0 aliphatic rings. The molecule has 1 aromatic heterocycles. The molecule has 0 aromatic carbocycles. The van der Waals surface area contributed by atoms with Crippen molar-refractivity contribution in [3.05, 3.63) is 29.0 Å². The zero-order valence-corrected chi connectivity index (χ0v) is 10.4. The number of rotatable bonds is 7. The number of pyridine rings is 1. The normalized spacial score (nSPS) is 10.2. The Morgan fingerprint density at radius 1 is 1.47 bits per heavy atom. The monoisotopic (exact) mass is 258 g/mol. The molecule has 1 rings (SSSR count). The number of halogens is 1. The number of amides is 1. The lowest BCUT2D eigenvalue weighted by molar-refractivity contribution is 0.0692. The molecule has 6 heteroatoms. The molecule has 1 aromatic rings. The zero-order valence-electron chi connectivity index (χ0n) is 9.61. The van der Waals surface area contributed by atoms with Crippen molar-refractivity contribution in [2.75, 3.05) is 33.5 Å². The van der Waals surface area contributed by atoms with Crippen LogP contribution >= 0.6 is 11.6 Å². The van der Waals surface area contributed by atoms with Crippen LogP contribution in [-0.4, -0.2) is 44.4 Å². The first-order valence-corrected chi connectivity index (χ1v) is 5.59. The molecule has 0 aliphatic carbocycles. The predicted molar refractivity (Wildman–Crippen MR) is 64.3 cm³/mol. The Balaban J connectivity index is 2.24. The van der Waals surface area contributed by atoms with E-state index in [1.807, 2.05) is 0 Å². The summed E-state index contributed by atoms with van der Waals surface area (Å²) < 4.78 is 10.0. The van der Waals surface area contributed by atoms with Gasteiger partial charge in [0, 0.05) is 19.9 Å². The molecule has 0 aliphatic heterocycles. The lowest BCUT2D eigenvalue weighted by Crippen LogP contribution is -2.28. The largest absolute Gasteiger partial charge is 0.382 e. The van der Waals surface area contributed by atoms with Crippen molar-refractivity contribution in [3.63, 3.8) is 0 Å². The fourth-order valence-corrected chi connectivity index (χ4v) is 1.34. The zero-order chi connectivity index (χ0) is 12.5. The van der Waals surface area contributed by atoms with Gasteiger partial charge in [0.15, 0.2) is 0 Å². The van der Waals surface area contributed by atoms with Gasteiger partial charge in [-0.05, 0) is 12.1 Å². The van der Waals surface area contributed by atoms with Crippen LogP contribution in [0.2, 0.25) is 5.15 Å². The molecule has 17 heavy (non-hydrogen) atoms. The van der Waals surface area contributed by atoms with E-state index in [0.717, 1.165) is 0 Å². The van der Waals surface area contributed by atoms with Gasteiger partial charge in [-0.25, -0.2) is 4.98 Å². The molecule has 0 fully saturated rings. The Labute approximate surface area is 105 Å². The second kappa shape index (κ2) is 8.00. The minimum Gasteiger partial charge on any atom is -0.382 e. The van der Waals surface area contributed by atoms with E-state index in [1.165, 1.54) is 6.20 Å². The number of nitrogens with one attached hydrogen (secondary N) is 1. The van der Waals surface area contributed by atoms with Crippen molar-refractivity contribution in [3.8, 4) is 0 Å². The lowest BCUT2D eigenvalue weighted by atomic mass is 10.3. The summed E-state index contributed by atoms with van der Waals surface area (Å²) >= 11 is 5.78. The molecule has 1 amide bonds. The first-order chi connectivity index (χ1) is 8.25. The Hall–Kier alpha value is -1.17. The number of methoxy groups -OCH3 is 1. The summed E-state index contributed by atoms with van der Waals surface area (Å²) in [6.07, 6.45) is 1.53. The minimum absolute atomic E-state index is 0.199. The third-order valence-corrected chi connectivity index (χ3v) is 2.27. The molecule has 1 heterocycles. The van der Waals surface area contributed by atoms with E-state index < -0.39 is 0 Å². The van der Waals surface area contributed by atoms with Crippen molar-refractivity contribution < 1.29 is 14.3 Å². The van der Waals surface area contributed by atoms with Crippen LogP contribution in [0.3, 0.4) is 0 Å². The molecule has 5 nitrogen and oxygen atoms in total. The molecule has 0 saturated carbocycles. The highest BCUT2D eigenvalue weighted by Crippen LogP contribution is 2.10. The summed E-state index contributed by atoms with van der Waals surface area (Å²) in [4.78, 5) is 15.5. The van der Waals surface area contributed by atoms with Crippen molar-refractivity contribution in [2.45, 2.75) is 0 Å². The summed E-state index contributed by atoms with van der Waals surface area (Å²) in [7, 11) is 1.61. The van der Waals surface area contributed by atoms with E-state index in [0.29, 0.717) is 31.9 Å². The molecule has 0 atom stereocenters. The van der Waals surface area contributed by atoms with Gasteiger partial charge in [0.05, 0.1) is 25.4 Å². The standard InChI is InChI=1S/C11H15ClN2O3/c1-16-7-8-17-6-5-14-11(15)9-3-2-4-13-10(9)12/h2-4H,5-8H2,1H3,(H,14,15). The van der Waals surface area contributed by atoms with E-state index >= 15 is 0 Å². The summed E-state index contributed by atoms with van der Waals surface area (Å²) in [5.74, 6) is -0.251. The average molecular weight is 259 g/mol. The molecule has 0 radical (unpaired) electrons. The number of nitrogens with zero attached hydrogens (tertiary/aromatic N) is 1. The van der Waals surface area contributed by atoms with Crippen molar-refractivity contribution >= 4 is 17.5 Å². The maximum Gasteiger partial charge on any atom is 0.254 e. The molecule has 0 unspecified atom stereocenters. The van der Waals surface area contributed by atoms with Gasteiger partial charge in [0.25, 0.3) is 5.91 Å². The second-order valence-electron chi connectivity index (χ2n) is 3.20. The van der Waals surface area contributed by atoms with Gasteiger partial charge in [-0.3, -0.25) is 4.79 Å². The van der Waals surface area contributed by atoms with E-state index in [9.17, 15) is 4.79 Å². The number of carbonyl (C=O) groups excluding carboxylic acids is 1. The molecule has 1 N–H and O–H groups in total. The average Bonchev–Trinajstić information content (AvgIpc) is 2.34. The van der Waals surface area contributed by atoms with Crippen LogP contribution in [0.5, 0.6) is 0 Å². The van der Waals surface area contributed by atoms with E-state index in [1.54, 1.807) is 19.2 Å². The highest BCUT2D eigenvalue weighted by Gasteiger charge is 2.09. The topological polar surface area (TPSA) is 60.5 Å². The summed E-state index contributed by atoms with van der Waals surface area (Å²) in [6, 6.07) is 3.28. The highest BCUT2D eigenvalue weighted by molar-refractivity contribution is 6.32. The van der Waals surface area contributed by atoms with Gasteiger partial charge in [0.1, 0.15) is 5.15 Å². The molecular formula is C11H15ClN2O3. The lowest BCUT2D eigenvalue weighted by Gasteiger charge is -2.06. The van der Waals surface area contributed by atoms with Crippen molar-refractivity contribution in [2.24, 2.45) is 0 Å². The van der Waals surface area contributed by atoms with E-state index in [4.69, 9.17) is 21.1 Å². The number of aromatic nitrogens is 1. The maximum atomic E-state index is 11.6. The Bertz CT molecular complexity index is 360. The summed E-state index contributed by atoms with van der Waals surface area (Å²) in [6.45, 7) is 1.92. The molecule has 0 spiro atoms. The van der Waals surface area contributed by atoms with Crippen LogP contribution in [0, 0.1) is 0 Å². The molecule has 94 valence electrons. The number of hydrogen-bond acceptors (Lipinski definition) is 4. The highest BCUT2D eigenvalue weighted by atomic mass is 35.5. The van der Waals surface area contributed by atoms with E-state index in [2.05, 4.69) is 10.3 Å². The quantitative estimate of drug-likeness (QED) is 0.588. The molecule has 0 bridgehead atoms. The number of carbonyl (C=O) groups is 1. The van der Waals surface area contributed by atoms with Crippen LogP contribution in [0.4, 0.5) is 0 Å². The SMILES string of the molecule is COCCOCCNC(=O)c1cccnc1Cl. The maximum absolute atomic E-state index is 11.6. The second-order valence-corrected chi connectivity index (χ2v) is 3.56. The summed E-state index contributed by atoms with van der Waals surface area (Å²) in [5.41, 5.74) is 0.367. The Kier molecular flexibility index (Phi) is 6.54. The first-order valence-electron chi connectivity index (χ1n) is 5.21. The van der Waals surface area contributed by atoms with Gasteiger partial charge in [-0.2, -0.15) is 0 Å². The van der Waals surface area contributed by atoms with Crippen LogP contribution in [0.25, 0.3) is 0 Å². The van der Waals surface area contributed by atoms with Gasteiger partial charge in [-0.15, -0.1) is 0 Å². The van der Waals surface area contributed by atoms with Gasteiger partial charge < -0.3 is 14.8 Å². The van der Waals surface area contributed by atoms with Crippen LogP contribution in [0.15, 0.2) is 18.3 Å². The number of hydrogen-bond donors (Lipinski definition) is 1. The number of ether oxygens (including phenoxy) is 2. The fourth-order valence-electron chi connectivity index (χ4n) is 1.13. The van der Waals surface area contributed by atoms with Crippen LogP contribution < -0.4 is 5.32 Å². The van der Waals surface area contributed by atoms with Gasteiger partial charge in [0.2, 0.25) is 0 Å². The third kappa shape index (κ3) is 5.12. The van der Waals surface area contributed by atoms with Gasteiger partial charge >= 0.3 is 0 Å². The molecule has 0 saturated heterocycles. The van der Waals surface area contributed by atoms with Crippen LogP contribution in [-0.2, 0) is 9.47 Å². The van der Waals surface area contributed by atoms with E-state index in [-0.39, 0.29) is 11.1 Å². The minimum atomic E-state index is -0.251. The smallest absolute Gasteiger partial charge is 0.254 e. The van der Waals surface area contributed by atoms with Crippen LogP contribution in [0.1, 0.15) is 10.4 Å². The van der Waals surface area contributed by atoms with Crippen molar-refractivity contribution in [1.29, 1.82) is 0 Å². The Morgan fingerprint density at radius 2 is 2.29 bits per heavy atom.